The van der Waals surface area contributed by atoms with Crippen molar-refractivity contribution in [2.45, 2.75) is 53.1 Å². The summed E-state index contributed by atoms with van der Waals surface area (Å²) in [5.74, 6) is -1.94. The predicted molar refractivity (Wildman–Crippen MR) is 78.2 cm³/mol. The van der Waals surface area contributed by atoms with Crippen molar-refractivity contribution in [3.63, 3.8) is 0 Å². The molecule has 1 aliphatic heterocycles. The molecule has 0 aromatic heterocycles. The van der Waals surface area contributed by atoms with Gasteiger partial charge in [-0.2, -0.15) is 4.99 Å². The quantitative estimate of drug-likeness (QED) is 0.547. The highest BCUT2D eigenvalue weighted by Gasteiger charge is 2.38. The molecule has 0 aliphatic carbocycles. The zero-order chi connectivity index (χ0) is 16.8. The topological polar surface area (TPSA) is 91.3 Å². The fraction of sp³-hybridized carbons (Fsp3) is 0.733. The average molecular weight is 313 g/mol. The molecular weight excluding hydrogens is 290 g/mol. The second-order valence-corrected chi connectivity index (χ2v) is 5.42. The summed E-state index contributed by atoms with van der Waals surface area (Å²) in [6.07, 6.45) is -0.0970. The van der Waals surface area contributed by atoms with Crippen LogP contribution in [0.25, 0.3) is 0 Å². The molecule has 0 aromatic carbocycles. The summed E-state index contributed by atoms with van der Waals surface area (Å²) in [5, 5.41) is 0. The van der Waals surface area contributed by atoms with Gasteiger partial charge in [-0.15, -0.1) is 0 Å². The maximum absolute atomic E-state index is 11.9. The van der Waals surface area contributed by atoms with Crippen LogP contribution in [0.4, 0.5) is 0 Å². The van der Waals surface area contributed by atoms with Crippen molar-refractivity contribution in [3.05, 3.63) is 0 Å². The smallest absolute Gasteiger partial charge is 0.359 e. The SMILES string of the molecule is CCOC(=O)C(OC1=NC(=O)CC(C)(CC)C1)C(=O)OCC. The van der Waals surface area contributed by atoms with E-state index < -0.39 is 18.0 Å². The van der Waals surface area contributed by atoms with E-state index in [4.69, 9.17) is 14.2 Å². The molecule has 22 heavy (non-hydrogen) atoms. The molecule has 0 saturated heterocycles. The number of carbonyl (C=O) groups is 3. The van der Waals surface area contributed by atoms with Crippen molar-refractivity contribution in [3.8, 4) is 0 Å². The minimum atomic E-state index is -1.55. The minimum Gasteiger partial charge on any atom is -0.463 e. The van der Waals surface area contributed by atoms with E-state index in [-0.39, 0.29) is 30.4 Å². The average Bonchev–Trinajstić information content (AvgIpc) is 2.44. The van der Waals surface area contributed by atoms with Gasteiger partial charge in [-0.3, -0.25) is 4.79 Å². The lowest BCUT2D eigenvalue weighted by atomic mass is 9.79. The van der Waals surface area contributed by atoms with Crippen molar-refractivity contribution >= 4 is 23.7 Å². The third-order valence-electron chi connectivity index (χ3n) is 3.51. The standard InChI is InChI=1S/C15H23NO6/c1-5-15(4)8-10(17)16-11(9-15)22-12(13(18)20-6-2)14(19)21-7-3/h12H,5-9H2,1-4H3. The number of ether oxygens (including phenoxy) is 3. The van der Waals surface area contributed by atoms with E-state index in [1.165, 1.54) is 0 Å². The Bertz CT molecular complexity index is 455. The van der Waals surface area contributed by atoms with Crippen molar-refractivity contribution in [2.75, 3.05) is 13.2 Å². The Morgan fingerprint density at radius 1 is 1.14 bits per heavy atom. The number of amides is 1. The van der Waals surface area contributed by atoms with Crippen molar-refractivity contribution in [2.24, 2.45) is 10.4 Å². The summed E-state index contributed by atoms with van der Waals surface area (Å²) in [7, 11) is 0. The van der Waals surface area contributed by atoms with Crippen molar-refractivity contribution in [1.29, 1.82) is 0 Å². The largest absolute Gasteiger partial charge is 0.463 e. The van der Waals surface area contributed by atoms with E-state index in [9.17, 15) is 14.4 Å². The van der Waals surface area contributed by atoms with E-state index in [0.29, 0.717) is 12.8 Å². The number of nitrogens with zero attached hydrogens (tertiary/aromatic N) is 1. The van der Waals surface area contributed by atoms with Gasteiger partial charge in [0.2, 0.25) is 5.91 Å². The van der Waals surface area contributed by atoms with Crippen LogP contribution in [0.2, 0.25) is 0 Å². The van der Waals surface area contributed by atoms with Crippen molar-refractivity contribution in [1.82, 2.24) is 0 Å². The van der Waals surface area contributed by atoms with Crippen LogP contribution in [0.1, 0.15) is 47.0 Å². The molecule has 1 amide bonds. The monoisotopic (exact) mass is 313 g/mol. The molecule has 0 bridgehead atoms. The van der Waals surface area contributed by atoms with Gasteiger partial charge in [0.25, 0.3) is 6.10 Å². The molecule has 1 atom stereocenters. The van der Waals surface area contributed by atoms with Crippen LogP contribution >= 0.6 is 0 Å². The molecule has 1 rings (SSSR count). The third-order valence-corrected chi connectivity index (χ3v) is 3.51. The predicted octanol–water partition coefficient (Wildman–Crippen LogP) is 1.63. The van der Waals surface area contributed by atoms with E-state index in [0.717, 1.165) is 6.42 Å². The molecule has 124 valence electrons. The summed E-state index contributed by atoms with van der Waals surface area (Å²) in [6.45, 7) is 7.36. The second-order valence-electron chi connectivity index (χ2n) is 5.42. The Balaban J connectivity index is 2.91. The molecule has 0 radical (unpaired) electrons. The van der Waals surface area contributed by atoms with Gasteiger partial charge in [0.1, 0.15) is 0 Å². The number of aliphatic imine (C=N–C) groups is 1. The number of rotatable bonds is 6. The Kier molecular flexibility index (Phi) is 6.52. The van der Waals surface area contributed by atoms with Crippen LogP contribution < -0.4 is 0 Å². The van der Waals surface area contributed by atoms with Crippen LogP contribution in [0.3, 0.4) is 0 Å². The van der Waals surface area contributed by atoms with E-state index in [2.05, 4.69) is 4.99 Å². The summed E-state index contributed by atoms with van der Waals surface area (Å²) in [4.78, 5) is 39.2. The first-order valence-electron chi connectivity index (χ1n) is 7.45. The Labute approximate surface area is 130 Å². The number of carbonyl (C=O) groups excluding carboxylic acids is 3. The second kappa shape index (κ2) is 7.91. The first-order valence-corrected chi connectivity index (χ1v) is 7.45. The molecule has 7 heteroatoms. The molecular formula is C15H23NO6. The summed E-state index contributed by atoms with van der Waals surface area (Å²) < 4.78 is 15.0. The molecule has 1 aliphatic rings. The molecule has 0 aromatic rings. The summed E-state index contributed by atoms with van der Waals surface area (Å²) in [6, 6.07) is 0. The molecule has 1 unspecified atom stereocenters. The van der Waals surface area contributed by atoms with Crippen LogP contribution in [0.15, 0.2) is 4.99 Å². The van der Waals surface area contributed by atoms with Crippen LogP contribution in [0, 0.1) is 5.41 Å². The Morgan fingerprint density at radius 3 is 2.14 bits per heavy atom. The van der Waals surface area contributed by atoms with Crippen LogP contribution in [-0.4, -0.2) is 43.1 Å². The zero-order valence-corrected chi connectivity index (χ0v) is 13.5. The Morgan fingerprint density at radius 2 is 1.68 bits per heavy atom. The van der Waals surface area contributed by atoms with E-state index in [1.54, 1.807) is 13.8 Å². The number of esters is 2. The Hall–Kier alpha value is -1.92. The molecule has 0 N–H and O–H groups in total. The van der Waals surface area contributed by atoms with Gasteiger partial charge in [0, 0.05) is 12.8 Å². The fourth-order valence-corrected chi connectivity index (χ4v) is 2.09. The molecule has 0 fully saturated rings. The fourth-order valence-electron chi connectivity index (χ4n) is 2.09. The molecule has 0 spiro atoms. The highest BCUT2D eigenvalue weighted by molar-refractivity contribution is 6.02. The third kappa shape index (κ3) is 4.82. The summed E-state index contributed by atoms with van der Waals surface area (Å²) in [5.41, 5.74) is -0.290. The first-order chi connectivity index (χ1) is 10.3. The lowest BCUT2D eigenvalue weighted by Gasteiger charge is -2.31. The molecule has 7 nitrogen and oxygen atoms in total. The van der Waals surface area contributed by atoms with Gasteiger partial charge >= 0.3 is 11.9 Å². The van der Waals surface area contributed by atoms with Crippen LogP contribution in [-0.2, 0) is 28.6 Å². The highest BCUT2D eigenvalue weighted by atomic mass is 16.6. The minimum absolute atomic E-state index is 0.0757. The first kappa shape index (κ1) is 18.1. The van der Waals surface area contributed by atoms with Gasteiger partial charge in [0.15, 0.2) is 5.90 Å². The lowest BCUT2D eigenvalue weighted by Crippen LogP contribution is -2.40. The maximum atomic E-state index is 11.9. The summed E-state index contributed by atoms with van der Waals surface area (Å²) >= 11 is 0. The maximum Gasteiger partial charge on any atom is 0.359 e. The molecule has 1 heterocycles. The van der Waals surface area contributed by atoms with Gasteiger partial charge in [-0.1, -0.05) is 13.8 Å². The van der Waals surface area contributed by atoms with Gasteiger partial charge in [-0.25, -0.2) is 9.59 Å². The van der Waals surface area contributed by atoms with E-state index >= 15 is 0 Å². The van der Waals surface area contributed by atoms with Gasteiger partial charge in [-0.05, 0) is 25.7 Å². The van der Waals surface area contributed by atoms with Gasteiger partial charge in [0.05, 0.1) is 13.2 Å². The van der Waals surface area contributed by atoms with E-state index in [1.807, 2.05) is 13.8 Å². The lowest BCUT2D eigenvalue weighted by molar-refractivity contribution is -0.167. The van der Waals surface area contributed by atoms with Crippen molar-refractivity contribution < 1.29 is 28.6 Å². The molecule has 0 saturated carbocycles. The zero-order valence-electron chi connectivity index (χ0n) is 13.5. The number of hydrogen-bond donors (Lipinski definition) is 0. The normalized spacial score (nSPS) is 21.3. The highest BCUT2D eigenvalue weighted by Crippen LogP contribution is 2.34. The number of hydrogen-bond acceptors (Lipinski definition) is 6. The van der Waals surface area contributed by atoms with Crippen LogP contribution in [0.5, 0.6) is 0 Å². The van der Waals surface area contributed by atoms with Gasteiger partial charge < -0.3 is 14.2 Å².